The number of benzene rings is 2. The molecule has 0 fully saturated rings. The molecule has 2 aromatic carbocycles. The van der Waals surface area contributed by atoms with Crippen molar-refractivity contribution in [2.24, 2.45) is 0 Å². The van der Waals surface area contributed by atoms with Gasteiger partial charge < -0.3 is 24.6 Å². The molecule has 1 heterocycles. The molecule has 0 aliphatic rings. The van der Waals surface area contributed by atoms with E-state index in [-0.39, 0.29) is 11.7 Å². The Labute approximate surface area is 236 Å². The molecule has 39 heavy (non-hydrogen) atoms. The number of carbonyl (C=O) groups is 3. The Kier molecular flexibility index (Phi) is 12.9. The number of pyridine rings is 1. The quantitative estimate of drug-likeness (QED) is 0.208. The second-order valence-corrected chi connectivity index (χ2v) is 9.06. The van der Waals surface area contributed by atoms with Gasteiger partial charge in [-0.15, -0.1) is 0 Å². The summed E-state index contributed by atoms with van der Waals surface area (Å²) in [7, 11) is 3.91. The zero-order valence-corrected chi connectivity index (χ0v) is 22.9. The molecule has 0 atom stereocenters. The summed E-state index contributed by atoms with van der Waals surface area (Å²) in [6.07, 6.45) is 3.68. The van der Waals surface area contributed by atoms with Gasteiger partial charge in [-0.05, 0) is 38.2 Å². The second kappa shape index (κ2) is 16.1. The average Bonchev–Trinajstić information content (AvgIpc) is 2.90. The van der Waals surface area contributed by atoms with Crippen LogP contribution in [0.5, 0.6) is 17.4 Å². The van der Waals surface area contributed by atoms with E-state index >= 15 is 0 Å². The molecule has 2 N–H and O–H groups in total. The van der Waals surface area contributed by atoms with Crippen molar-refractivity contribution in [2.75, 3.05) is 27.2 Å². The number of rotatable bonds is 12. The van der Waals surface area contributed by atoms with Gasteiger partial charge >= 0.3 is 11.9 Å². The molecule has 3 aromatic rings. The Morgan fingerprint density at radius 1 is 0.923 bits per heavy atom. The monoisotopic (exact) mass is 574 g/mol. The van der Waals surface area contributed by atoms with Crippen molar-refractivity contribution in [1.82, 2.24) is 9.88 Å². The van der Waals surface area contributed by atoms with Crippen LogP contribution in [0, 0.1) is 0 Å². The van der Waals surface area contributed by atoms with Crippen LogP contribution < -0.4 is 9.47 Å². The smallest absolute Gasteiger partial charge is 0.328 e. The summed E-state index contributed by atoms with van der Waals surface area (Å²) in [6, 6.07) is 16.5. The first kappa shape index (κ1) is 31.3. The van der Waals surface area contributed by atoms with Gasteiger partial charge in [0.2, 0.25) is 5.88 Å². The average molecular weight is 575 g/mol. The first-order valence-corrected chi connectivity index (χ1v) is 12.4. The summed E-state index contributed by atoms with van der Waals surface area (Å²) in [6.45, 7) is 1.15. The highest BCUT2D eigenvalue weighted by Crippen LogP contribution is 2.39. The first-order valence-electron chi connectivity index (χ1n) is 11.7. The number of carboxylic acid groups (broad SMARTS) is 2. The van der Waals surface area contributed by atoms with Crippen molar-refractivity contribution in [2.45, 2.75) is 12.8 Å². The third-order valence-electron chi connectivity index (χ3n) is 4.91. The zero-order valence-electron chi connectivity index (χ0n) is 21.3. The number of carboxylic acids is 2. The molecule has 1 aromatic heterocycles. The van der Waals surface area contributed by atoms with Gasteiger partial charge in [-0.2, -0.15) is 0 Å². The SMILES string of the molecule is CN(C)CCOc1cc(Cl)c(Cl)cc1Oc1ncccc1C(=O)CCc1ccccc1.O=C(O)/C=C\C(=O)O. The van der Waals surface area contributed by atoms with Gasteiger partial charge in [0.05, 0.1) is 15.6 Å². The van der Waals surface area contributed by atoms with E-state index in [9.17, 15) is 14.4 Å². The maximum absolute atomic E-state index is 12.9. The van der Waals surface area contributed by atoms with Crippen molar-refractivity contribution < 1.29 is 34.1 Å². The number of carbonyl (C=O) groups excluding carboxylic acids is 1. The van der Waals surface area contributed by atoms with E-state index in [4.69, 9.17) is 42.9 Å². The third kappa shape index (κ3) is 11.6. The Morgan fingerprint density at radius 2 is 1.54 bits per heavy atom. The molecular weight excluding hydrogens is 547 g/mol. The molecule has 0 saturated heterocycles. The molecule has 0 aliphatic heterocycles. The number of ketones is 1. The fraction of sp³-hybridized carbons (Fsp3) is 0.214. The zero-order chi connectivity index (χ0) is 28.8. The lowest BCUT2D eigenvalue weighted by Gasteiger charge is -2.16. The molecule has 0 amide bonds. The van der Waals surface area contributed by atoms with Gasteiger partial charge in [0, 0.05) is 43.4 Å². The maximum Gasteiger partial charge on any atom is 0.328 e. The third-order valence-corrected chi connectivity index (χ3v) is 5.64. The molecule has 0 bridgehead atoms. The summed E-state index contributed by atoms with van der Waals surface area (Å²) < 4.78 is 11.8. The molecule has 0 aliphatic carbocycles. The van der Waals surface area contributed by atoms with Crippen LogP contribution in [0.15, 0.2) is 72.9 Å². The molecule has 3 rings (SSSR count). The number of Topliss-reactive ketones (excluding diaryl/α,β-unsaturated/α-hetero) is 1. The minimum absolute atomic E-state index is 0.0536. The van der Waals surface area contributed by atoms with Crippen LogP contribution in [0.25, 0.3) is 0 Å². The normalized spacial score (nSPS) is 10.6. The number of aryl methyl sites for hydroxylation is 1. The number of aromatic nitrogens is 1. The van der Waals surface area contributed by atoms with Crippen LogP contribution in [-0.4, -0.2) is 65.1 Å². The molecule has 0 radical (unpaired) electrons. The number of aliphatic carboxylic acids is 2. The number of halogens is 2. The lowest BCUT2D eigenvalue weighted by atomic mass is 10.0. The van der Waals surface area contributed by atoms with Crippen LogP contribution in [0.3, 0.4) is 0 Å². The van der Waals surface area contributed by atoms with Gasteiger partial charge in [0.25, 0.3) is 0 Å². The molecule has 0 saturated carbocycles. The highest BCUT2D eigenvalue weighted by molar-refractivity contribution is 6.42. The van der Waals surface area contributed by atoms with E-state index in [1.54, 1.807) is 30.5 Å². The summed E-state index contributed by atoms with van der Waals surface area (Å²) in [5.74, 6) is -1.58. The van der Waals surface area contributed by atoms with Crippen LogP contribution >= 0.6 is 23.2 Å². The van der Waals surface area contributed by atoms with E-state index in [1.807, 2.05) is 49.3 Å². The van der Waals surface area contributed by atoms with Crippen molar-refractivity contribution in [3.8, 4) is 17.4 Å². The predicted molar refractivity (Wildman–Crippen MR) is 148 cm³/mol. The Balaban J connectivity index is 0.000000580. The van der Waals surface area contributed by atoms with E-state index in [1.165, 1.54) is 0 Å². The standard InChI is InChI=1S/C24H24Cl2N2O3.C4H4O4/c1-28(2)13-14-30-22-15-19(25)20(26)16-23(22)31-24-18(9-6-12-27-24)21(29)11-10-17-7-4-3-5-8-17;5-3(6)1-2-4(7)8/h3-9,12,15-16H,10-11,13-14H2,1-2H3;1-2H,(H,5,6)(H,7,8)/b;2-1-. The van der Waals surface area contributed by atoms with Crippen molar-refractivity contribution in [1.29, 1.82) is 0 Å². The molecule has 9 nitrogen and oxygen atoms in total. The minimum atomic E-state index is -1.26. The molecule has 0 unspecified atom stereocenters. The van der Waals surface area contributed by atoms with Crippen LogP contribution in [-0.2, 0) is 16.0 Å². The van der Waals surface area contributed by atoms with Crippen LogP contribution in [0.1, 0.15) is 22.3 Å². The number of likely N-dealkylation sites (N-methyl/N-ethyl adjacent to an activating group) is 1. The van der Waals surface area contributed by atoms with Crippen molar-refractivity contribution >= 4 is 40.9 Å². The largest absolute Gasteiger partial charge is 0.488 e. The minimum Gasteiger partial charge on any atom is -0.488 e. The fourth-order valence-electron chi connectivity index (χ4n) is 3.01. The number of hydrogen-bond donors (Lipinski definition) is 2. The van der Waals surface area contributed by atoms with Crippen LogP contribution in [0.2, 0.25) is 10.0 Å². The predicted octanol–water partition coefficient (Wildman–Crippen LogP) is 5.65. The highest BCUT2D eigenvalue weighted by atomic mass is 35.5. The fourth-order valence-corrected chi connectivity index (χ4v) is 3.32. The first-order chi connectivity index (χ1) is 18.6. The lowest BCUT2D eigenvalue weighted by Crippen LogP contribution is -2.19. The Morgan fingerprint density at radius 3 is 2.13 bits per heavy atom. The Bertz CT molecular complexity index is 1280. The summed E-state index contributed by atoms with van der Waals surface area (Å²) in [5, 5.41) is 16.3. The van der Waals surface area contributed by atoms with E-state index in [2.05, 4.69) is 4.98 Å². The van der Waals surface area contributed by atoms with Crippen molar-refractivity contribution in [3.63, 3.8) is 0 Å². The van der Waals surface area contributed by atoms with Gasteiger partial charge in [-0.3, -0.25) is 4.79 Å². The number of ether oxygens (including phenoxy) is 2. The summed E-state index contributed by atoms with van der Waals surface area (Å²) >= 11 is 12.4. The van der Waals surface area contributed by atoms with Crippen LogP contribution in [0.4, 0.5) is 0 Å². The topological polar surface area (TPSA) is 126 Å². The number of hydrogen-bond acceptors (Lipinski definition) is 7. The lowest BCUT2D eigenvalue weighted by molar-refractivity contribution is -0.134. The molecule has 0 spiro atoms. The van der Waals surface area contributed by atoms with E-state index in [0.717, 1.165) is 5.56 Å². The summed E-state index contributed by atoms with van der Waals surface area (Å²) in [5.41, 5.74) is 1.51. The van der Waals surface area contributed by atoms with Gasteiger partial charge in [-0.1, -0.05) is 53.5 Å². The van der Waals surface area contributed by atoms with Gasteiger partial charge in [0.15, 0.2) is 17.3 Å². The molecule has 11 heteroatoms. The second-order valence-electron chi connectivity index (χ2n) is 8.24. The summed E-state index contributed by atoms with van der Waals surface area (Å²) in [4.78, 5) is 38.3. The molecule has 206 valence electrons. The highest BCUT2D eigenvalue weighted by Gasteiger charge is 2.18. The van der Waals surface area contributed by atoms with Gasteiger partial charge in [-0.25, -0.2) is 14.6 Å². The molecular formula is C28H28Cl2N2O7. The maximum atomic E-state index is 12.9. The van der Waals surface area contributed by atoms with E-state index in [0.29, 0.717) is 65.3 Å². The Hall–Kier alpha value is -3.92. The number of nitrogens with zero attached hydrogens (tertiary/aromatic N) is 2. The van der Waals surface area contributed by atoms with Crippen molar-refractivity contribution in [3.05, 3.63) is 94.1 Å². The van der Waals surface area contributed by atoms with E-state index < -0.39 is 11.9 Å². The van der Waals surface area contributed by atoms with Gasteiger partial charge in [0.1, 0.15) is 6.61 Å².